The average Bonchev–Trinajstić information content (AvgIpc) is 3.09. The van der Waals surface area contributed by atoms with Crippen LogP contribution in [0.15, 0.2) is 0 Å². The molecule has 0 bridgehead atoms. The molecule has 1 saturated carbocycles. The van der Waals surface area contributed by atoms with Crippen molar-refractivity contribution in [1.82, 2.24) is 4.90 Å². The zero-order valence-electron chi connectivity index (χ0n) is 11.8. The second kappa shape index (κ2) is 5.08. The fraction of sp³-hybridized carbons (Fsp3) is 0.929. The average molecular weight is 254 g/mol. The first-order chi connectivity index (χ1) is 8.42. The molecule has 1 heterocycles. The Balaban J connectivity index is 2.06. The van der Waals surface area contributed by atoms with Gasteiger partial charge in [-0.2, -0.15) is 0 Å². The Morgan fingerprint density at radius 2 is 2.00 bits per heavy atom. The predicted molar refractivity (Wildman–Crippen MR) is 71.2 cm³/mol. The van der Waals surface area contributed by atoms with Crippen molar-refractivity contribution in [2.24, 2.45) is 17.6 Å². The van der Waals surface area contributed by atoms with Crippen molar-refractivity contribution >= 4 is 6.09 Å². The molecule has 4 nitrogen and oxygen atoms in total. The van der Waals surface area contributed by atoms with Gasteiger partial charge in [-0.15, -0.1) is 0 Å². The van der Waals surface area contributed by atoms with Crippen molar-refractivity contribution in [3.05, 3.63) is 0 Å². The summed E-state index contributed by atoms with van der Waals surface area (Å²) < 4.78 is 5.52. The van der Waals surface area contributed by atoms with Crippen LogP contribution < -0.4 is 5.73 Å². The van der Waals surface area contributed by atoms with Crippen LogP contribution in [0.4, 0.5) is 4.79 Å². The summed E-state index contributed by atoms with van der Waals surface area (Å²) in [6.45, 7) is 7.26. The Labute approximate surface area is 110 Å². The lowest BCUT2D eigenvalue weighted by Crippen LogP contribution is -2.52. The second-order valence-electron chi connectivity index (χ2n) is 6.64. The molecule has 0 spiro atoms. The highest BCUT2D eigenvalue weighted by molar-refractivity contribution is 5.69. The molecule has 2 unspecified atom stereocenters. The largest absolute Gasteiger partial charge is 0.444 e. The maximum atomic E-state index is 12.3. The number of amides is 1. The molecule has 0 radical (unpaired) electrons. The maximum Gasteiger partial charge on any atom is 0.410 e. The fourth-order valence-corrected chi connectivity index (χ4v) is 2.97. The van der Waals surface area contributed by atoms with Crippen LogP contribution in [0.1, 0.15) is 46.5 Å². The van der Waals surface area contributed by atoms with Crippen LogP contribution >= 0.6 is 0 Å². The standard InChI is InChI=1S/C14H26N2O2/c1-14(2,3)18-13(17)16-8-4-5-11(9-15)12(16)10-6-7-10/h10-12H,4-9,15H2,1-3H3. The fourth-order valence-electron chi connectivity index (χ4n) is 2.97. The number of nitrogens with zero attached hydrogens (tertiary/aromatic N) is 1. The van der Waals surface area contributed by atoms with Crippen molar-refractivity contribution < 1.29 is 9.53 Å². The topological polar surface area (TPSA) is 55.6 Å². The smallest absolute Gasteiger partial charge is 0.410 e. The number of piperidine rings is 1. The Morgan fingerprint density at radius 3 is 2.50 bits per heavy atom. The van der Waals surface area contributed by atoms with Crippen molar-refractivity contribution in [1.29, 1.82) is 0 Å². The number of carbonyl (C=O) groups is 1. The molecule has 2 rings (SSSR count). The highest BCUT2D eigenvalue weighted by atomic mass is 16.6. The van der Waals surface area contributed by atoms with Gasteiger partial charge in [-0.3, -0.25) is 0 Å². The van der Waals surface area contributed by atoms with Gasteiger partial charge in [-0.25, -0.2) is 4.79 Å². The van der Waals surface area contributed by atoms with Gasteiger partial charge in [0.15, 0.2) is 0 Å². The van der Waals surface area contributed by atoms with Gasteiger partial charge in [0.1, 0.15) is 5.60 Å². The van der Waals surface area contributed by atoms with E-state index < -0.39 is 5.60 Å². The summed E-state index contributed by atoms with van der Waals surface area (Å²) in [4.78, 5) is 14.2. The molecule has 1 aliphatic heterocycles. The zero-order valence-corrected chi connectivity index (χ0v) is 11.8. The molecule has 0 aromatic heterocycles. The van der Waals surface area contributed by atoms with E-state index in [1.807, 2.05) is 25.7 Å². The molecule has 1 saturated heterocycles. The molecule has 2 atom stereocenters. The van der Waals surface area contributed by atoms with E-state index in [1.165, 1.54) is 12.8 Å². The molecule has 18 heavy (non-hydrogen) atoms. The SMILES string of the molecule is CC(C)(C)OC(=O)N1CCCC(CN)C1C1CC1. The summed E-state index contributed by atoms with van der Waals surface area (Å²) in [5, 5.41) is 0. The van der Waals surface area contributed by atoms with Crippen LogP contribution in [0, 0.1) is 11.8 Å². The summed E-state index contributed by atoms with van der Waals surface area (Å²) in [7, 11) is 0. The molecular weight excluding hydrogens is 228 g/mol. The van der Waals surface area contributed by atoms with Gasteiger partial charge in [0.2, 0.25) is 0 Å². The Hall–Kier alpha value is -0.770. The third kappa shape index (κ3) is 3.16. The maximum absolute atomic E-state index is 12.3. The number of ether oxygens (including phenoxy) is 1. The number of likely N-dealkylation sites (tertiary alicyclic amines) is 1. The van der Waals surface area contributed by atoms with E-state index in [-0.39, 0.29) is 6.09 Å². The van der Waals surface area contributed by atoms with E-state index in [0.29, 0.717) is 24.4 Å². The molecule has 2 N–H and O–H groups in total. The Kier molecular flexibility index (Phi) is 3.85. The molecule has 0 aromatic carbocycles. The minimum absolute atomic E-state index is 0.155. The lowest BCUT2D eigenvalue weighted by molar-refractivity contribution is -0.00311. The number of rotatable bonds is 2. The van der Waals surface area contributed by atoms with Gasteiger partial charge < -0.3 is 15.4 Å². The number of carbonyl (C=O) groups excluding carboxylic acids is 1. The first-order valence-corrected chi connectivity index (χ1v) is 7.12. The van der Waals surface area contributed by atoms with Gasteiger partial charge in [-0.05, 0) is 64.8 Å². The van der Waals surface area contributed by atoms with E-state index in [4.69, 9.17) is 10.5 Å². The van der Waals surface area contributed by atoms with Crippen LogP contribution in [0.3, 0.4) is 0 Å². The minimum atomic E-state index is -0.416. The molecular formula is C14H26N2O2. The predicted octanol–water partition coefficient (Wildman–Crippen LogP) is 2.37. The lowest BCUT2D eigenvalue weighted by Gasteiger charge is -2.41. The van der Waals surface area contributed by atoms with Crippen LogP contribution in [-0.2, 0) is 4.74 Å². The van der Waals surface area contributed by atoms with E-state index in [0.717, 1.165) is 19.4 Å². The van der Waals surface area contributed by atoms with E-state index in [2.05, 4.69) is 0 Å². The van der Waals surface area contributed by atoms with E-state index in [9.17, 15) is 4.79 Å². The Bertz CT molecular complexity index is 307. The summed E-state index contributed by atoms with van der Waals surface area (Å²) in [5.41, 5.74) is 5.45. The normalized spacial score (nSPS) is 29.2. The summed E-state index contributed by atoms with van der Waals surface area (Å²) in [6.07, 6.45) is 4.51. The van der Waals surface area contributed by atoms with Gasteiger partial charge in [0, 0.05) is 12.6 Å². The van der Waals surface area contributed by atoms with Crippen molar-refractivity contribution in [3.8, 4) is 0 Å². The minimum Gasteiger partial charge on any atom is -0.444 e. The Morgan fingerprint density at radius 1 is 1.33 bits per heavy atom. The molecule has 4 heteroatoms. The van der Waals surface area contributed by atoms with Crippen molar-refractivity contribution in [2.45, 2.75) is 58.1 Å². The first-order valence-electron chi connectivity index (χ1n) is 7.12. The first kappa shape index (κ1) is 13.7. The number of nitrogens with two attached hydrogens (primary N) is 1. The van der Waals surface area contributed by atoms with E-state index in [1.54, 1.807) is 0 Å². The van der Waals surface area contributed by atoms with Crippen LogP contribution in [0.2, 0.25) is 0 Å². The zero-order chi connectivity index (χ0) is 13.3. The molecule has 2 aliphatic rings. The second-order valence-corrected chi connectivity index (χ2v) is 6.64. The number of hydrogen-bond acceptors (Lipinski definition) is 3. The summed E-state index contributed by atoms with van der Waals surface area (Å²) >= 11 is 0. The highest BCUT2D eigenvalue weighted by Gasteiger charge is 2.44. The van der Waals surface area contributed by atoms with Crippen LogP contribution in [-0.4, -0.2) is 35.7 Å². The van der Waals surface area contributed by atoms with Gasteiger partial charge >= 0.3 is 6.09 Å². The number of hydrogen-bond donors (Lipinski definition) is 1. The van der Waals surface area contributed by atoms with Crippen molar-refractivity contribution in [2.75, 3.05) is 13.1 Å². The van der Waals surface area contributed by atoms with Crippen molar-refractivity contribution in [3.63, 3.8) is 0 Å². The third-order valence-electron chi connectivity index (χ3n) is 3.85. The summed E-state index contributed by atoms with van der Waals surface area (Å²) in [5.74, 6) is 1.12. The van der Waals surface area contributed by atoms with Gasteiger partial charge in [-0.1, -0.05) is 0 Å². The van der Waals surface area contributed by atoms with Gasteiger partial charge in [0.25, 0.3) is 0 Å². The summed E-state index contributed by atoms with van der Waals surface area (Å²) in [6, 6.07) is 0.318. The molecule has 104 valence electrons. The van der Waals surface area contributed by atoms with Gasteiger partial charge in [0.05, 0.1) is 0 Å². The molecule has 1 amide bonds. The quantitative estimate of drug-likeness (QED) is 0.823. The van der Waals surface area contributed by atoms with Crippen LogP contribution in [0.5, 0.6) is 0 Å². The van der Waals surface area contributed by atoms with Crippen LogP contribution in [0.25, 0.3) is 0 Å². The third-order valence-corrected chi connectivity index (χ3v) is 3.85. The highest BCUT2D eigenvalue weighted by Crippen LogP contribution is 2.42. The molecule has 2 fully saturated rings. The molecule has 1 aliphatic carbocycles. The van der Waals surface area contributed by atoms with E-state index >= 15 is 0 Å². The monoisotopic (exact) mass is 254 g/mol. The lowest BCUT2D eigenvalue weighted by atomic mass is 9.86. The molecule has 0 aromatic rings.